The summed E-state index contributed by atoms with van der Waals surface area (Å²) in [6.45, 7) is 9.09. The molecule has 0 spiro atoms. The Kier molecular flexibility index (Phi) is 10.7. The molecule has 0 saturated carbocycles. The van der Waals surface area contributed by atoms with E-state index in [0.29, 0.717) is 18.8 Å². The maximum Gasteiger partial charge on any atom is 0.414 e. The Balaban J connectivity index is 3.08. The smallest absolute Gasteiger partial charge is 0.414 e. The van der Waals surface area contributed by atoms with E-state index in [4.69, 9.17) is 25.8 Å². The van der Waals surface area contributed by atoms with Gasteiger partial charge in [0.1, 0.15) is 16.9 Å². The number of benzene rings is 1. The molecule has 0 aromatic heterocycles. The molecular weight excluding hydrogens is 436 g/mol. The van der Waals surface area contributed by atoms with Crippen molar-refractivity contribution in [2.75, 3.05) is 52.8 Å². The molecule has 0 bridgehead atoms. The van der Waals surface area contributed by atoms with E-state index in [2.05, 4.69) is 15.2 Å². The Labute approximate surface area is 195 Å². The zero-order valence-electron chi connectivity index (χ0n) is 20.2. The van der Waals surface area contributed by atoms with Gasteiger partial charge in [-0.15, -0.1) is 0 Å². The normalized spacial score (nSPS) is 11.9. The van der Waals surface area contributed by atoms with Crippen LogP contribution >= 0.6 is 11.6 Å². The summed E-state index contributed by atoms with van der Waals surface area (Å²) in [6, 6.07) is 3.02. The van der Waals surface area contributed by atoms with Crippen LogP contribution in [-0.2, 0) is 9.47 Å². The molecule has 1 rings (SSSR count). The van der Waals surface area contributed by atoms with Gasteiger partial charge in [0.25, 0.3) is 6.02 Å². The number of rotatable bonds is 8. The van der Waals surface area contributed by atoms with Gasteiger partial charge in [-0.1, -0.05) is 11.6 Å². The van der Waals surface area contributed by atoms with Crippen LogP contribution in [0.4, 0.5) is 10.5 Å². The minimum atomic E-state index is -0.678. The van der Waals surface area contributed by atoms with Gasteiger partial charge in [-0.05, 0) is 60.8 Å². The zero-order valence-corrected chi connectivity index (χ0v) is 21.0. The van der Waals surface area contributed by atoms with E-state index in [1.54, 1.807) is 20.8 Å². The highest BCUT2D eigenvalue weighted by Gasteiger charge is 2.25. The molecule has 0 saturated heterocycles. The number of hydrogen-bond acceptors (Lipinski definition) is 7. The average Bonchev–Trinajstić information content (AvgIpc) is 2.69. The lowest BCUT2D eigenvalue weighted by atomic mass is 10.1. The summed E-state index contributed by atoms with van der Waals surface area (Å²) in [5, 5.41) is 3.11. The zero-order chi connectivity index (χ0) is 24.5. The SMILES string of the molecule is CCNC(=NCCCN(C)C)OC(=O)c1cc(Cl)c(N(C)C(=O)OC(C)(C)C)cc1OC. The number of methoxy groups -OCH3 is 1. The number of halogens is 1. The number of carbonyl (C=O) groups is 2. The first-order valence-corrected chi connectivity index (χ1v) is 10.8. The van der Waals surface area contributed by atoms with Gasteiger partial charge in [0, 0.05) is 26.2 Å². The van der Waals surface area contributed by atoms with E-state index >= 15 is 0 Å². The maximum absolute atomic E-state index is 12.8. The second-order valence-corrected chi connectivity index (χ2v) is 8.71. The van der Waals surface area contributed by atoms with Crippen LogP contribution < -0.4 is 15.0 Å². The van der Waals surface area contributed by atoms with Gasteiger partial charge in [-0.2, -0.15) is 0 Å². The lowest BCUT2D eigenvalue weighted by Gasteiger charge is -2.25. The average molecular weight is 471 g/mol. The third-order valence-corrected chi connectivity index (χ3v) is 4.36. The van der Waals surface area contributed by atoms with Gasteiger partial charge >= 0.3 is 12.1 Å². The van der Waals surface area contributed by atoms with Gasteiger partial charge in [0.2, 0.25) is 0 Å². The number of amides is 1. The highest BCUT2D eigenvalue weighted by molar-refractivity contribution is 6.34. The van der Waals surface area contributed by atoms with Gasteiger partial charge < -0.3 is 24.4 Å². The van der Waals surface area contributed by atoms with Crippen molar-refractivity contribution in [2.24, 2.45) is 4.99 Å². The van der Waals surface area contributed by atoms with E-state index in [0.717, 1.165) is 13.0 Å². The molecule has 1 N–H and O–H groups in total. The maximum atomic E-state index is 12.8. The summed E-state index contributed by atoms with van der Waals surface area (Å²) in [7, 11) is 6.90. The monoisotopic (exact) mass is 470 g/mol. The minimum absolute atomic E-state index is 0.109. The Bertz CT molecular complexity index is 821. The fourth-order valence-corrected chi connectivity index (χ4v) is 2.83. The molecule has 9 nitrogen and oxygen atoms in total. The van der Waals surface area contributed by atoms with Crippen LogP contribution in [0.5, 0.6) is 5.75 Å². The van der Waals surface area contributed by atoms with E-state index in [1.165, 1.54) is 31.2 Å². The van der Waals surface area contributed by atoms with Crippen LogP contribution in [0.15, 0.2) is 17.1 Å². The number of esters is 1. The standard InChI is InChI=1S/C22H35ClN4O5/c1-9-24-20(25-11-10-12-26(5)6)31-19(28)15-13-16(23)17(14-18(15)30-8)27(7)21(29)32-22(2,3)4/h13-14H,9-12H2,1-8H3,(H,24,25). The molecule has 1 aromatic carbocycles. The summed E-state index contributed by atoms with van der Waals surface area (Å²) < 4.78 is 16.2. The molecule has 180 valence electrons. The van der Waals surface area contributed by atoms with E-state index < -0.39 is 17.7 Å². The van der Waals surface area contributed by atoms with Crippen molar-refractivity contribution in [1.82, 2.24) is 10.2 Å². The number of amidine groups is 1. The summed E-state index contributed by atoms with van der Waals surface area (Å²) in [5.41, 5.74) is -0.225. The molecular formula is C22H35ClN4O5. The Morgan fingerprint density at radius 1 is 1.19 bits per heavy atom. The van der Waals surface area contributed by atoms with Crippen LogP contribution in [0.2, 0.25) is 5.02 Å². The Hall–Kier alpha value is -2.52. The first-order chi connectivity index (χ1) is 14.9. The fourth-order valence-electron chi connectivity index (χ4n) is 2.54. The lowest BCUT2D eigenvalue weighted by molar-refractivity contribution is 0.0589. The predicted molar refractivity (Wildman–Crippen MR) is 127 cm³/mol. The molecule has 0 radical (unpaired) electrons. The summed E-state index contributed by atoms with van der Waals surface area (Å²) in [4.78, 5) is 32.8. The number of ether oxygens (including phenoxy) is 3. The van der Waals surface area contributed by atoms with Crippen LogP contribution in [0.1, 0.15) is 44.5 Å². The molecule has 10 heteroatoms. The second kappa shape index (κ2) is 12.5. The van der Waals surface area contributed by atoms with Crippen LogP contribution in [-0.4, -0.2) is 76.5 Å². The molecule has 32 heavy (non-hydrogen) atoms. The topological polar surface area (TPSA) is 92.7 Å². The summed E-state index contributed by atoms with van der Waals surface area (Å²) in [5.74, 6) is -0.476. The Morgan fingerprint density at radius 2 is 1.84 bits per heavy atom. The Morgan fingerprint density at radius 3 is 2.38 bits per heavy atom. The van der Waals surface area contributed by atoms with Crippen molar-refractivity contribution in [3.05, 3.63) is 22.7 Å². The number of nitrogens with zero attached hydrogens (tertiary/aromatic N) is 3. The number of carbonyl (C=O) groups excluding carboxylic acids is 2. The van der Waals surface area contributed by atoms with Crippen molar-refractivity contribution in [1.29, 1.82) is 0 Å². The molecule has 0 aliphatic rings. The molecule has 0 fully saturated rings. The highest BCUT2D eigenvalue weighted by Crippen LogP contribution is 2.34. The predicted octanol–water partition coefficient (Wildman–Crippen LogP) is 3.79. The molecule has 0 atom stereocenters. The van der Waals surface area contributed by atoms with Gasteiger partial charge in [-0.3, -0.25) is 4.90 Å². The van der Waals surface area contributed by atoms with Crippen molar-refractivity contribution in [3.63, 3.8) is 0 Å². The molecule has 1 amide bonds. The van der Waals surface area contributed by atoms with E-state index in [-0.39, 0.29) is 22.4 Å². The van der Waals surface area contributed by atoms with Crippen molar-refractivity contribution < 1.29 is 23.8 Å². The van der Waals surface area contributed by atoms with Crippen molar-refractivity contribution in [2.45, 2.75) is 39.7 Å². The third-order valence-electron chi connectivity index (χ3n) is 4.05. The van der Waals surface area contributed by atoms with Crippen molar-refractivity contribution in [3.8, 4) is 5.75 Å². The van der Waals surface area contributed by atoms with E-state index in [9.17, 15) is 9.59 Å². The fraction of sp³-hybridized carbons (Fsp3) is 0.591. The molecule has 0 heterocycles. The summed E-state index contributed by atoms with van der Waals surface area (Å²) >= 11 is 6.38. The van der Waals surface area contributed by atoms with Gasteiger partial charge in [0.05, 0.1) is 17.8 Å². The number of aliphatic imine (C=N–C) groups is 1. The van der Waals surface area contributed by atoms with Gasteiger partial charge in [-0.25, -0.2) is 14.6 Å². The quantitative estimate of drug-likeness (QED) is 0.267. The number of nitrogens with one attached hydrogen (secondary N) is 1. The lowest BCUT2D eigenvalue weighted by Crippen LogP contribution is -2.34. The third kappa shape index (κ3) is 8.92. The number of hydrogen-bond donors (Lipinski definition) is 1. The first-order valence-electron chi connectivity index (χ1n) is 10.4. The van der Waals surface area contributed by atoms with Gasteiger partial charge in [0.15, 0.2) is 0 Å². The molecule has 1 aromatic rings. The van der Waals surface area contributed by atoms with Crippen LogP contribution in [0, 0.1) is 0 Å². The molecule has 0 unspecified atom stereocenters. The summed E-state index contributed by atoms with van der Waals surface area (Å²) in [6.07, 6.45) is 0.233. The van der Waals surface area contributed by atoms with Crippen LogP contribution in [0.3, 0.4) is 0 Å². The minimum Gasteiger partial charge on any atom is -0.496 e. The first kappa shape index (κ1) is 27.5. The largest absolute Gasteiger partial charge is 0.496 e. The van der Waals surface area contributed by atoms with E-state index in [1.807, 2.05) is 21.0 Å². The van der Waals surface area contributed by atoms with Crippen molar-refractivity contribution >= 4 is 35.4 Å². The molecule has 0 aliphatic heterocycles. The second-order valence-electron chi connectivity index (χ2n) is 8.31. The van der Waals surface area contributed by atoms with Crippen LogP contribution in [0.25, 0.3) is 0 Å². The molecule has 0 aliphatic carbocycles. The number of anilines is 1. The highest BCUT2D eigenvalue weighted by atomic mass is 35.5.